The SMILES string of the molecule is CCC(NCC(=O)N1CCC(C2CCN(C)CC2)CC1)C(=O)OC(C)(C)C. The summed E-state index contributed by atoms with van der Waals surface area (Å²) in [5, 5.41) is 3.10. The summed E-state index contributed by atoms with van der Waals surface area (Å²) < 4.78 is 5.43. The van der Waals surface area contributed by atoms with E-state index in [-0.39, 0.29) is 18.4 Å². The van der Waals surface area contributed by atoms with Crippen LogP contribution in [0.3, 0.4) is 0 Å². The molecule has 2 aliphatic heterocycles. The molecular formula is C21H39N3O3. The first kappa shape index (κ1) is 22.2. The zero-order valence-electron chi connectivity index (χ0n) is 17.9. The number of likely N-dealkylation sites (tertiary alicyclic amines) is 2. The monoisotopic (exact) mass is 381 g/mol. The Balaban J connectivity index is 1.73. The van der Waals surface area contributed by atoms with Crippen molar-refractivity contribution in [3.8, 4) is 0 Å². The van der Waals surface area contributed by atoms with Crippen LogP contribution in [0.25, 0.3) is 0 Å². The fourth-order valence-electron chi connectivity index (χ4n) is 4.21. The van der Waals surface area contributed by atoms with Crippen molar-refractivity contribution in [2.75, 3.05) is 39.8 Å². The largest absolute Gasteiger partial charge is 0.459 e. The summed E-state index contributed by atoms with van der Waals surface area (Å²) in [5.74, 6) is 1.41. The first-order chi connectivity index (χ1) is 12.7. The molecule has 1 atom stereocenters. The molecule has 1 amide bonds. The average molecular weight is 382 g/mol. The molecule has 0 radical (unpaired) electrons. The van der Waals surface area contributed by atoms with Crippen molar-refractivity contribution in [3.63, 3.8) is 0 Å². The minimum absolute atomic E-state index is 0.0961. The second-order valence-corrected chi connectivity index (χ2v) is 9.23. The first-order valence-electron chi connectivity index (χ1n) is 10.6. The van der Waals surface area contributed by atoms with Crippen molar-refractivity contribution >= 4 is 11.9 Å². The van der Waals surface area contributed by atoms with Gasteiger partial charge in [0, 0.05) is 13.1 Å². The highest BCUT2D eigenvalue weighted by Crippen LogP contribution is 2.32. The minimum Gasteiger partial charge on any atom is -0.459 e. The molecule has 6 nitrogen and oxygen atoms in total. The maximum absolute atomic E-state index is 12.6. The lowest BCUT2D eigenvalue weighted by Gasteiger charge is -2.39. The summed E-state index contributed by atoms with van der Waals surface area (Å²) >= 11 is 0. The summed E-state index contributed by atoms with van der Waals surface area (Å²) in [6, 6.07) is -0.426. The van der Waals surface area contributed by atoms with Crippen LogP contribution in [0.15, 0.2) is 0 Å². The number of hydrogen-bond donors (Lipinski definition) is 1. The number of carbonyl (C=O) groups is 2. The van der Waals surface area contributed by atoms with Gasteiger partial charge in [-0.2, -0.15) is 0 Å². The molecule has 2 heterocycles. The molecule has 27 heavy (non-hydrogen) atoms. The lowest BCUT2D eigenvalue weighted by Crippen LogP contribution is -2.48. The van der Waals surface area contributed by atoms with E-state index >= 15 is 0 Å². The lowest BCUT2D eigenvalue weighted by molar-refractivity contribution is -0.157. The van der Waals surface area contributed by atoms with Crippen LogP contribution >= 0.6 is 0 Å². The minimum atomic E-state index is -0.508. The fraction of sp³-hybridized carbons (Fsp3) is 0.905. The molecule has 6 heteroatoms. The van der Waals surface area contributed by atoms with Gasteiger partial charge in [-0.3, -0.25) is 14.9 Å². The van der Waals surface area contributed by atoms with Crippen molar-refractivity contribution in [1.29, 1.82) is 0 Å². The molecule has 1 N–H and O–H groups in total. The number of nitrogens with one attached hydrogen (secondary N) is 1. The van der Waals surface area contributed by atoms with Crippen LogP contribution < -0.4 is 5.32 Å². The Morgan fingerprint density at radius 2 is 1.56 bits per heavy atom. The number of carbonyl (C=O) groups excluding carboxylic acids is 2. The van der Waals surface area contributed by atoms with Crippen molar-refractivity contribution < 1.29 is 14.3 Å². The van der Waals surface area contributed by atoms with Crippen molar-refractivity contribution in [3.05, 3.63) is 0 Å². The molecule has 2 rings (SSSR count). The van der Waals surface area contributed by atoms with E-state index in [1.807, 2.05) is 32.6 Å². The molecule has 0 bridgehead atoms. The third kappa shape index (κ3) is 7.07. The predicted molar refractivity (Wildman–Crippen MR) is 107 cm³/mol. The van der Waals surface area contributed by atoms with E-state index in [2.05, 4.69) is 17.3 Å². The lowest BCUT2D eigenvalue weighted by atomic mass is 9.79. The van der Waals surface area contributed by atoms with Crippen molar-refractivity contribution in [2.24, 2.45) is 11.8 Å². The van der Waals surface area contributed by atoms with E-state index in [0.717, 1.165) is 37.8 Å². The normalized spacial score (nSPS) is 21.9. The van der Waals surface area contributed by atoms with Crippen molar-refractivity contribution in [1.82, 2.24) is 15.1 Å². The highest BCUT2D eigenvalue weighted by atomic mass is 16.6. The van der Waals surface area contributed by atoms with Gasteiger partial charge in [-0.1, -0.05) is 6.92 Å². The summed E-state index contributed by atoms with van der Waals surface area (Å²) in [4.78, 5) is 29.1. The van der Waals surface area contributed by atoms with Crippen molar-refractivity contribution in [2.45, 2.75) is 71.4 Å². The fourth-order valence-corrected chi connectivity index (χ4v) is 4.21. The third-order valence-corrected chi connectivity index (χ3v) is 5.92. The van der Waals surface area contributed by atoms with E-state index in [4.69, 9.17) is 4.74 Å². The highest BCUT2D eigenvalue weighted by Gasteiger charge is 2.31. The van der Waals surface area contributed by atoms with Gasteiger partial charge in [0.2, 0.25) is 5.91 Å². The van der Waals surface area contributed by atoms with Gasteiger partial charge in [0.05, 0.1) is 6.54 Å². The van der Waals surface area contributed by atoms with Crippen LogP contribution in [0.1, 0.15) is 59.8 Å². The van der Waals surface area contributed by atoms with Gasteiger partial charge in [0.25, 0.3) is 0 Å². The molecule has 0 spiro atoms. The summed E-state index contributed by atoms with van der Waals surface area (Å²) in [7, 11) is 2.20. The van der Waals surface area contributed by atoms with Gasteiger partial charge in [-0.25, -0.2) is 0 Å². The van der Waals surface area contributed by atoms with E-state index in [1.54, 1.807) is 0 Å². The second kappa shape index (κ2) is 9.87. The first-order valence-corrected chi connectivity index (χ1v) is 10.6. The Bertz CT molecular complexity index is 487. The van der Waals surface area contributed by atoms with Crippen LogP contribution in [0, 0.1) is 11.8 Å². The molecule has 2 aliphatic rings. The number of piperidine rings is 2. The molecule has 2 saturated heterocycles. The van der Waals surface area contributed by atoms with E-state index in [9.17, 15) is 9.59 Å². The molecule has 0 aromatic heterocycles. The maximum Gasteiger partial charge on any atom is 0.323 e. The molecule has 0 aromatic carbocycles. The van der Waals surface area contributed by atoms with Gasteiger partial charge in [0.15, 0.2) is 0 Å². The van der Waals surface area contributed by atoms with Gasteiger partial charge in [0.1, 0.15) is 11.6 Å². The Hall–Kier alpha value is -1.14. The van der Waals surface area contributed by atoms with Crippen LogP contribution in [0.4, 0.5) is 0 Å². The quantitative estimate of drug-likeness (QED) is 0.715. The molecule has 0 aromatic rings. The third-order valence-electron chi connectivity index (χ3n) is 5.92. The molecule has 0 aliphatic carbocycles. The standard InChI is InChI=1S/C21H39N3O3/c1-6-18(20(26)27-21(2,3)4)22-15-19(25)24-13-9-17(10-14-24)16-7-11-23(5)12-8-16/h16-18,22H,6-15H2,1-5H3. The number of ether oxygens (including phenoxy) is 1. The summed E-state index contributed by atoms with van der Waals surface area (Å²) in [6.45, 7) is 11.8. The van der Waals surface area contributed by atoms with E-state index < -0.39 is 11.6 Å². The number of hydrogen-bond acceptors (Lipinski definition) is 5. The molecule has 2 fully saturated rings. The molecular weight excluding hydrogens is 342 g/mol. The topological polar surface area (TPSA) is 61.9 Å². The van der Waals surface area contributed by atoms with Gasteiger partial charge in [-0.05, 0) is 84.8 Å². The Labute approximate surface area is 165 Å². The number of amides is 1. The maximum atomic E-state index is 12.6. The molecule has 1 unspecified atom stereocenters. The Morgan fingerprint density at radius 3 is 2.04 bits per heavy atom. The summed E-state index contributed by atoms with van der Waals surface area (Å²) in [5.41, 5.74) is -0.508. The zero-order chi connectivity index (χ0) is 20.0. The average Bonchev–Trinajstić information content (AvgIpc) is 2.61. The number of esters is 1. The Kier molecular flexibility index (Phi) is 8.10. The Morgan fingerprint density at radius 1 is 1.04 bits per heavy atom. The molecule has 156 valence electrons. The van der Waals surface area contributed by atoms with Crippen LogP contribution in [0.2, 0.25) is 0 Å². The summed E-state index contributed by atoms with van der Waals surface area (Å²) in [6.07, 6.45) is 5.43. The highest BCUT2D eigenvalue weighted by molar-refractivity contribution is 5.80. The zero-order valence-corrected chi connectivity index (χ0v) is 17.9. The second-order valence-electron chi connectivity index (χ2n) is 9.23. The van der Waals surface area contributed by atoms with Gasteiger partial charge in [-0.15, -0.1) is 0 Å². The van der Waals surface area contributed by atoms with E-state index in [0.29, 0.717) is 6.42 Å². The number of nitrogens with zero attached hydrogens (tertiary/aromatic N) is 2. The van der Waals surface area contributed by atoms with Crippen LogP contribution in [0.5, 0.6) is 0 Å². The van der Waals surface area contributed by atoms with Gasteiger partial charge >= 0.3 is 5.97 Å². The van der Waals surface area contributed by atoms with Gasteiger partial charge < -0.3 is 14.5 Å². The van der Waals surface area contributed by atoms with Crippen LogP contribution in [-0.4, -0.2) is 73.1 Å². The molecule has 0 saturated carbocycles. The smallest absolute Gasteiger partial charge is 0.323 e. The van der Waals surface area contributed by atoms with E-state index in [1.165, 1.54) is 25.9 Å². The van der Waals surface area contributed by atoms with Crippen LogP contribution in [-0.2, 0) is 14.3 Å². The predicted octanol–water partition coefficient (Wildman–Crippen LogP) is 2.28. The number of rotatable bonds is 6.